The van der Waals surface area contributed by atoms with Crippen molar-refractivity contribution in [1.29, 1.82) is 0 Å². The Hall–Kier alpha value is -1.32. The van der Waals surface area contributed by atoms with E-state index in [0.717, 1.165) is 25.7 Å². The summed E-state index contributed by atoms with van der Waals surface area (Å²) in [5.74, 6) is -0.798. The summed E-state index contributed by atoms with van der Waals surface area (Å²) in [5.41, 5.74) is 0. The molecule has 0 fully saturated rings. The first kappa shape index (κ1) is 21.7. The van der Waals surface area contributed by atoms with Gasteiger partial charge < -0.3 is 10.0 Å². The zero-order valence-corrected chi connectivity index (χ0v) is 15.1. The van der Waals surface area contributed by atoms with Gasteiger partial charge in [-0.25, -0.2) is 0 Å². The molecule has 1 amide bonds. The minimum Gasteiger partial charge on any atom is -0.481 e. The molecule has 134 valence electrons. The molecule has 0 atom stereocenters. The van der Waals surface area contributed by atoms with E-state index >= 15 is 0 Å². The largest absolute Gasteiger partial charge is 0.481 e. The molecule has 23 heavy (non-hydrogen) atoms. The van der Waals surface area contributed by atoms with Crippen molar-refractivity contribution >= 4 is 11.9 Å². The van der Waals surface area contributed by atoms with Crippen LogP contribution in [0.2, 0.25) is 0 Å². The van der Waals surface area contributed by atoms with Crippen LogP contribution in [0.1, 0.15) is 84.5 Å². The van der Waals surface area contributed by atoms with E-state index in [1.165, 1.54) is 32.1 Å². The number of carbonyl (C=O) groups excluding carboxylic acids is 1. The minimum atomic E-state index is -0.844. The number of carboxylic acid groups (broad SMARTS) is 1. The zero-order chi connectivity index (χ0) is 17.3. The summed E-state index contributed by atoms with van der Waals surface area (Å²) in [6.45, 7) is 5.32. The van der Waals surface area contributed by atoms with Gasteiger partial charge in [-0.3, -0.25) is 9.59 Å². The van der Waals surface area contributed by atoms with Crippen LogP contribution in [0.5, 0.6) is 0 Å². The summed E-state index contributed by atoms with van der Waals surface area (Å²) in [5, 5.41) is 8.83. The van der Waals surface area contributed by atoms with Gasteiger partial charge in [-0.2, -0.15) is 0 Å². The Bertz CT molecular complexity index is 340. The van der Waals surface area contributed by atoms with Gasteiger partial charge in [0.2, 0.25) is 5.91 Å². The van der Waals surface area contributed by atoms with Gasteiger partial charge in [-0.1, -0.05) is 70.9 Å². The fraction of sp³-hybridized carbons (Fsp3) is 0.789. The standard InChI is InChI=1S/C19H35NO3/c1-3-5-7-9-10-11-13-16-20(17-15-19(22)23)18(21)14-12-8-6-4-2/h8,12H,3-7,9-11,13-17H2,1-2H3,(H,22,23)/b12-8+. The summed E-state index contributed by atoms with van der Waals surface area (Å²) >= 11 is 0. The van der Waals surface area contributed by atoms with Gasteiger partial charge in [-0.15, -0.1) is 0 Å². The van der Waals surface area contributed by atoms with E-state index in [-0.39, 0.29) is 12.3 Å². The first-order valence-electron chi connectivity index (χ1n) is 9.26. The topological polar surface area (TPSA) is 57.6 Å². The lowest BCUT2D eigenvalue weighted by Crippen LogP contribution is -2.33. The van der Waals surface area contributed by atoms with Gasteiger partial charge in [-0.05, 0) is 12.8 Å². The van der Waals surface area contributed by atoms with Crippen molar-refractivity contribution < 1.29 is 14.7 Å². The third kappa shape index (κ3) is 14.0. The second kappa shape index (κ2) is 15.6. The van der Waals surface area contributed by atoms with Gasteiger partial charge in [0, 0.05) is 19.5 Å². The van der Waals surface area contributed by atoms with E-state index in [9.17, 15) is 9.59 Å². The maximum Gasteiger partial charge on any atom is 0.305 e. The van der Waals surface area contributed by atoms with Crippen LogP contribution in [-0.4, -0.2) is 35.0 Å². The monoisotopic (exact) mass is 325 g/mol. The van der Waals surface area contributed by atoms with E-state index in [1.54, 1.807) is 4.90 Å². The molecule has 0 aliphatic rings. The van der Waals surface area contributed by atoms with E-state index < -0.39 is 5.97 Å². The second-order valence-corrected chi connectivity index (χ2v) is 6.11. The first-order chi connectivity index (χ1) is 11.1. The number of aliphatic carboxylic acids is 1. The molecule has 0 aliphatic carbocycles. The van der Waals surface area contributed by atoms with Gasteiger partial charge >= 0.3 is 5.97 Å². The number of allylic oxidation sites excluding steroid dienone is 1. The zero-order valence-electron chi connectivity index (χ0n) is 15.1. The predicted octanol–water partition coefficient (Wildman–Crippen LogP) is 4.79. The van der Waals surface area contributed by atoms with Crippen molar-refractivity contribution in [3.8, 4) is 0 Å². The molecule has 4 nitrogen and oxygen atoms in total. The molecular formula is C19H35NO3. The smallest absolute Gasteiger partial charge is 0.305 e. The van der Waals surface area contributed by atoms with Crippen LogP contribution in [0.4, 0.5) is 0 Å². The molecule has 0 aromatic carbocycles. The fourth-order valence-electron chi connectivity index (χ4n) is 2.45. The van der Waals surface area contributed by atoms with Crippen molar-refractivity contribution in [3.05, 3.63) is 12.2 Å². The van der Waals surface area contributed by atoms with Crippen LogP contribution in [0.25, 0.3) is 0 Å². The highest BCUT2D eigenvalue weighted by Crippen LogP contribution is 2.09. The van der Waals surface area contributed by atoms with Crippen LogP contribution in [0.3, 0.4) is 0 Å². The lowest BCUT2D eigenvalue weighted by atomic mass is 10.1. The molecule has 0 aromatic heterocycles. The number of carbonyl (C=O) groups is 2. The minimum absolute atomic E-state index is 0.0287. The van der Waals surface area contributed by atoms with Crippen LogP contribution < -0.4 is 0 Å². The quantitative estimate of drug-likeness (QED) is 0.348. The molecule has 4 heteroatoms. The van der Waals surface area contributed by atoms with Crippen LogP contribution in [0.15, 0.2) is 12.2 Å². The number of hydrogen-bond donors (Lipinski definition) is 1. The summed E-state index contributed by atoms with van der Waals surface area (Å²) in [4.78, 5) is 24.7. The number of hydrogen-bond acceptors (Lipinski definition) is 2. The van der Waals surface area contributed by atoms with E-state index in [0.29, 0.717) is 19.5 Å². The Morgan fingerprint density at radius 1 is 0.870 bits per heavy atom. The molecule has 1 N–H and O–H groups in total. The van der Waals surface area contributed by atoms with Crippen molar-refractivity contribution in [2.24, 2.45) is 0 Å². The van der Waals surface area contributed by atoms with Crippen molar-refractivity contribution in [2.75, 3.05) is 13.1 Å². The van der Waals surface area contributed by atoms with Crippen molar-refractivity contribution in [1.82, 2.24) is 4.90 Å². The third-order valence-corrected chi connectivity index (χ3v) is 3.89. The fourth-order valence-corrected chi connectivity index (χ4v) is 2.45. The van der Waals surface area contributed by atoms with E-state index in [4.69, 9.17) is 5.11 Å². The Labute approximate surface area is 141 Å². The van der Waals surface area contributed by atoms with Crippen molar-refractivity contribution in [2.45, 2.75) is 84.5 Å². The maximum atomic E-state index is 12.2. The molecule has 0 saturated carbocycles. The summed E-state index contributed by atoms with van der Waals surface area (Å²) in [7, 11) is 0. The Balaban J connectivity index is 4.07. The normalized spacial score (nSPS) is 11.0. The molecule has 0 bridgehead atoms. The molecule has 0 aromatic rings. The van der Waals surface area contributed by atoms with Gasteiger partial charge in [0.05, 0.1) is 6.42 Å². The van der Waals surface area contributed by atoms with Crippen LogP contribution >= 0.6 is 0 Å². The Kier molecular flexibility index (Phi) is 14.7. The predicted molar refractivity (Wildman–Crippen MR) is 95.5 cm³/mol. The SMILES string of the molecule is CCC/C=C/CC(=O)N(CCCCCCCCC)CCC(=O)O. The number of rotatable bonds is 15. The highest BCUT2D eigenvalue weighted by molar-refractivity contribution is 5.78. The molecule has 0 rings (SSSR count). The van der Waals surface area contributed by atoms with Gasteiger partial charge in [0.15, 0.2) is 0 Å². The highest BCUT2D eigenvalue weighted by atomic mass is 16.4. The number of nitrogens with zero attached hydrogens (tertiary/aromatic N) is 1. The van der Waals surface area contributed by atoms with Gasteiger partial charge in [0.1, 0.15) is 0 Å². The number of amides is 1. The number of unbranched alkanes of at least 4 members (excludes halogenated alkanes) is 7. The molecule has 0 spiro atoms. The molecular weight excluding hydrogens is 290 g/mol. The van der Waals surface area contributed by atoms with Crippen LogP contribution in [0, 0.1) is 0 Å². The summed E-state index contributed by atoms with van der Waals surface area (Å²) in [6, 6.07) is 0. The summed E-state index contributed by atoms with van der Waals surface area (Å²) in [6.07, 6.45) is 14.8. The molecule has 0 aliphatic heterocycles. The molecule has 0 unspecified atom stereocenters. The lowest BCUT2D eigenvalue weighted by molar-refractivity contribution is -0.138. The van der Waals surface area contributed by atoms with Crippen molar-refractivity contribution in [3.63, 3.8) is 0 Å². The molecule has 0 heterocycles. The first-order valence-corrected chi connectivity index (χ1v) is 9.26. The maximum absolute atomic E-state index is 12.2. The van der Waals surface area contributed by atoms with Gasteiger partial charge in [0.25, 0.3) is 0 Å². The lowest BCUT2D eigenvalue weighted by Gasteiger charge is -2.21. The average molecular weight is 325 g/mol. The Morgan fingerprint density at radius 3 is 2.13 bits per heavy atom. The Morgan fingerprint density at radius 2 is 1.52 bits per heavy atom. The average Bonchev–Trinajstić information content (AvgIpc) is 2.53. The highest BCUT2D eigenvalue weighted by Gasteiger charge is 2.13. The summed E-state index contributed by atoms with van der Waals surface area (Å²) < 4.78 is 0. The van der Waals surface area contributed by atoms with E-state index in [2.05, 4.69) is 13.8 Å². The molecule has 0 saturated heterocycles. The molecule has 0 radical (unpaired) electrons. The number of carboxylic acids is 1. The van der Waals surface area contributed by atoms with Crippen LogP contribution in [-0.2, 0) is 9.59 Å². The third-order valence-electron chi connectivity index (χ3n) is 3.89. The second-order valence-electron chi connectivity index (χ2n) is 6.11. The van der Waals surface area contributed by atoms with E-state index in [1.807, 2.05) is 12.2 Å².